The van der Waals surface area contributed by atoms with E-state index in [1.165, 1.54) is 70.6 Å². The maximum absolute atomic E-state index is 11.9. The van der Waals surface area contributed by atoms with Crippen molar-refractivity contribution in [3.63, 3.8) is 0 Å². The fourth-order valence-corrected chi connectivity index (χ4v) is 4.94. The van der Waals surface area contributed by atoms with Gasteiger partial charge < -0.3 is 29.5 Å². The molecule has 0 saturated heterocycles. The van der Waals surface area contributed by atoms with E-state index in [0.29, 0.717) is 0 Å². The summed E-state index contributed by atoms with van der Waals surface area (Å²) in [5, 5.41) is 9.28. The van der Waals surface area contributed by atoms with Crippen LogP contribution >= 0.6 is 7.82 Å². The average molecular weight is 494 g/mol. The van der Waals surface area contributed by atoms with Gasteiger partial charge in [0.2, 0.25) is 0 Å². The number of phosphoric acid groups is 1. The summed E-state index contributed by atoms with van der Waals surface area (Å²) in [6.45, 7) is 1.50. The molecule has 33 heavy (non-hydrogen) atoms. The van der Waals surface area contributed by atoms with Gasteiger partial charge in [0, 0.05) is 6.42 Å². The van der Waals surface area contributed by atoms with Gasteiger partial charge >= 0.3 is 5.97 Å². The van der Waals surface area contributed by atoms with E-state index in [-0.39, 0.29) is 19.6 Å². The van der Waals surface area contributed by atoms with Crippen LogP contribution in [0.25, 0.3) is 0 Å². The molecule has 0 bridgehead atoms. The first-order chi connectivity index (χ1) is 15.9. The van der Waals surface area contributed by atoms with Crippen LogP contribution in [0.2, 0.25) is 0 Å². The first kappa shape index (κ1) is 30.5. The van der Waals surface area contributed by atoms with Gasteiger partial charge in [0.25, 0.3) is 7.82 Å². The van der Waals surface area contributed by atoms with Crippen LogP contribution in [-0.2, 0) is 23.1 Å². The number of esters is 1. The van der Waals surface area contributed by atoms with Crippen molar-refractivity contribution in [3.8, 4) is 0 Å². The number of phosphoric ester groups is 1. The number of carbonyl (C=O) groups is 1. The van der Waals surface area contributed by atoms with Gasteiger partial charge in [0.1, 0.15) is 12.7 Å². The maximum Gasteiger partial charge on any atom is 0.306 e. The smallest absolute Gasteiger partial charge is 0.306 e. The topological polar surface area (TPSA) is 133 Å². The van der Waals surface area contributed by atoms with E-state index in [4.69, 9.17) is 4.74 Å². The monoisotopic (exact) mass is 493 g/mol. The van der Waals surface area contributed by atoms with Gasteiger partial charge in [-0.3, -0.25) is 9.36 Å². The molecule has 0 aliphatic heterocycles. The Bertz CT molecular complexity index is 549. The van der Waals surface area contributed by atoms with E-state index in [2.05, 4.69) is 21.7 Å². The lowest BCUT2D eigenvalue weighted by Crippen LogP contribution is -2.52. The number of rotatable bonds is 23. The highest BCUT2D eigenvalue weighted by atomic mass is 31.2. The van der Waals surface area contributed by atoms with E-state index < -0.39 is 33.1 Å². The molecule has 9 heteroatoms. The number of carbonyl (C=O) groups excluding carboxylic acids is 1. The first-order valence-electron chi connectivity index (χ1n) is 13.1. The number of ether oxygens (including phenoxy) is 1. The number of aliphatic hydroxyl groups excluding tert-OH is 1. The highest BCUT2D eigenvalue weighted by Crippen LogP contribution is 2.45. The fraction of sp³-hybridized carbons (Fsp3) is 0.958. The minimum absolute atomic E-state index is 0.0786. The summed E-state index contributed by atoms with van der Waals surface area (Å²) in [5.74, 6) is 1.49. The molecule has 0 aromatic carbocycles. The molecule has 0 heterocycles. The Balaban J connectivity index is 1.95. The molecule has 8 nitrogen and oxygen atoms in total. The second-order valence-corrected chi connectivity index (χ2v) is 10.8. The van der Waals surface area contributed by atoms with Crippen LogP contribution in [-0.4, -0.2) is 43.5 Å². The molecule has 1 rings (SSSR count). The van der Waals surface area contributed by atoms with Crippen LogP contribution < -0.4 is 10.6 Å². The Morgan fingerprint density at radius 2 is 1.58 bits per heavy atom. The number of hydrogen-bond acceptors (Lipinski definition) is 7. The van der Waals surface area contributed by atoms with Crippen molar-refractivity contribution < 1.29 is 38.9 Å². The largest absolute Gasteiger partial charge is 0.756 e. The number of unbranched alkanes of at least 4 members (excludes halogenated alkanes) is 9. The van der Waals surface area contributed by atoms with Crippen molar-refractivity contribution in [1.82, 2.24) is 0 Å². The van der Waals surface area contributed by atoms with E-state index >= 15 is 0 Å². The van der Waals surface area contributed by atoms with Gasteiger partial charge in [0.05, 0.1) is 19.8 Å². The lowest BCUT2D eigenvalue weighted by molar-refractivity contribution is -0.373. The SMILES string of the molecule is CCCCCCCCC1CC1CCCCCCCC(=O)O[C@H](CO)COP(=O)([O-])OCC[NH3+]. The van der Waals surface area contributed by atoms with Crippen LogP contribution in [0, 0.1) is 11.8 Å². The van der Waals surface area contributed by atoms with Crippen LogP contribution in [0.5, 0.6) is 0 Å². The Morgan fingerprint density at radius 3 is 2.15 bits per heavy atom. The van der Waals surface area contributed by atoms with Gasteiger partial charge in [-0.1, -0.05) is 84.0 Å². The normalized spacial score (nSPS) is 20.4. The van der Waals surface area contributed by atoms with E-state index in [1.807, 2.05) is 0 Å². The van der Waals surface area contributed by atoms with Crippen molar-refractivity contribution in [2.45, 2.75) is 109 Å². The van der Waals surface area contributed by atoms with Crippen LogP contribution in [0.1, 0.15) is 103 Å². The summed E-state index contributed by atoms with van der Waals surface area (Å²) < 4.78 is 25.8. The minimum Gasteiger partial charge on any atom is -0.756 e. The molecule has 0 aromatic rings. The van der Waals surface area contributed by atoms with Gasteiger partial charge in [-0.25, -0.2) is 0 Å². The summed E-state index contributed by atoms with van der Waals surface area (Å²) in [7, 11) is -4.47. The van der Waals surface area contributed by atoms with Crippen LogP contribution in [0.15, 0.2) is 0 Å². The Labute approximate surface area is 200 Å². The lowest BCUT2D eigenvalue weighted by atomic mass is 10.0. The molecule has 1 aliphatic carbocycles. The molecule has 3 unspecified atom stereocenters. The molecule has 1 aliphatic rings. The zero-order chi connectivity index (χ0) is 24.4. The van der Waals surface area contributed by atoms with Gasteiger partial charge in [-0.05, 0) is 24.7 Å². The standard InChI is InChI=1S/C24H48NO7P/c1-2-3-4-5-7-10-13-21-18-22(21)14-11-8-6-9-12-15-24(27)32-23(19-26)20-31-33(28,29)30-17-16-25/h21-23,26H,2-20,25H2,1H3,(H,28,29)/t21?,22?,23-/m1/s1. The first-order valence-corrected chi connectivity index (χ1v) is 14.6. The summed E-state index contributed by atoms with van der Waals surface area (Å²) >= 11 is 0. The second kappa shape index (κ2) is 18.8. The molecular weight excluding hydrogens is 445 g/mol. The van der Waals surface area contributed by atoms with Crippen LogP contribution in [0.3, 0.4) is 0 Å². The van der Waals surface area contributed by atoms with Crippen molar-refractivity contribution in [2.75, 3.05) is 26.4 Å². The average Bonchev–Trinajstić information content (AvgIpc) is 3.55. The molecular formula is C24H48NO7P. The van der Waals surface area contributed by atoms with Crippen molar-refractivity contribution in [2.24, 2.45) is 11.8 Å². The molecule has 0 aromatic heterocycles. The number of hydrogen-bond donors (Lipinski definition) is 2. The number of aliphatic hydroxyl groups is 1. The summed E-state index contributed by atoms with van der Waals surface area (Å²) in [6, 6.07) is 0. The predicted molar refractivity (Wildman–Crippen MR) is 126 cm³/mol. The van der Waals surface area contributed by atoms with Crippen molar-refractivity contribution in [1.29, 1.82) is 0 Å². The lowest BCUT2D eigenvalue weighted by Gasteiger charge is -2.24. The highest BCUT2D eigenvalue weighted by Gasteiger charge is 2.35. The minimum atomic E-state index is -4.47. The summed E-state index contributed by atoms with van der Waals surface area (Å²) in [4.78, 5) is 23.4. The van der Waals surface area contributed by atoms with Gasteiger partial charge in [-0.2, -0.15) is 0 Å². The Kier molecular flexibility index (Phi) is 17.4. The molecule has 0 amide bonds. The molecule has 4 atom stereocenters. The molecule has 1 fully saturated rings. The fourth-order valence-electron chi connectivity index (χ4n) is 4.17. The van der Waals surface area contributed by atoms with E-state index in [1.54, 1.807) is 0 Å². The van der Waals surface area contributed by atoms with Gasteiger partial charge in [0.15, 0.2) is 0 Å². The Hall–Kier alpha value is -0.500. The third-order valence-electron chi connectivity index (χ3n) is 6.27. The molecule has 0 spiro atoms. The zero-order valence-corrected chi connectivity index (χ0v) is 21.6. The molecule has 0 radical (unpaired) electrons. The predicted octanol–water partition coefficient (Wildman–Crippen LogP) is 3.75. The van der Waals surface area contributed by atoms with E-state index in [0.717, 1.165) is 31.1 Å². The molecule has 196 valence electrons. The third-order valence-corrected chi connectivity index (χ3v) is 7.23. The third kappa shape index (κ3) is 16.7. The van der Waals surface area contributed by atoms with Crippen molar-refractivity contribution in [3.05, 3.63) is 0 Å². The summed E-state index contributed by atoms with van der Waals surface area (Å²) in [6.07, 6.45) is 17.0. The Morgan fingerprint density at radius 1 is 1.00 bits per heavy atom. The van der Waals surface area contributed by atoms with Crippen LogP contribution in [0.4, 0.5) is 0 Å². The summed E-state index contributed by atoms with van der Waals surface area (Å²) in [5.41, 5.74) is 3.47. The second-order valence-electron chi connectivity index (χ2n) is 9.34. The van der Waals surface area contributed by atoms with Gasteiger partial charge in [-0.15, -0.1) is 0 Å². The molecule has 1 saturated carbocycles. The zero-order valence-electron chi connectivity index (χ0n) is 20.7. The van der Waals surface area contributed by atoms with Crippen molar-refractivity contribution >= 4 is 13.8 Å². The quantitative estimate of drug-likeness (QED) is 0.126. The molecule has 4 N–H and O–H groups in total. The number of quaternary nitrogens is 1. The van der Waals surface area contributed by atoms with E-state index in [9.17, 15) is 19.4 Å². The highest BCUT2D eigenvalue weighted by molar-refractivity contribution is 7.45. The maximum atomic E-state index is 11.9.